The van der Waals surface area contributed by atoms with Gasteiger partial charge in [0.15, 0.2) is 5.13 Å². The van der Waals surface area contributed by atoms with E-state index in [4.69, 9.17) is 14.5 Å². The number of carbonyl (C=O) groups is 1. The lowest BCUT2D eigenvalue weighted by molar-refractivity contribution is -0.118. The van der Waals surface area contributed by atoms with Gasteiger partial charge in [-0.1, -0.05) is 17.4 Å². The Bertz CT molecular complexity index is 997. The molecular formula is C23H26N2O3S2. The van der Waals surface area contributed by atoms with Crippen LogP contribution < -0.4 is 9.64 Å². The van der Waals surface area contributed by atoms with Crippen LogP contribution in [-0.4, -0.2) is 43.0 Å². The third-order valence-corrected chi connectivity index (χ3v) is 7.17. The van der Waals surface area contributed by atoms with E-state index in [0.29, 0.717) is 13.0 Å². The van der Waals surface area contributed by atoms with Crippen LogP contribution in [0.3, 0.4) is 0 Å². The van der Waals surface area contributed by atoms with Crippen molar-refractivity contribution in [2.75, 3.05) is 30.9 Å². The fourth-order valence-electron chi connectivity index (χ4n) is 3.48. The lowest BCUT2D eigenvalue weighted by atomic mass is 10.2. The van der Waals surface area contributed by atoms with E-state index in [1.165, 1.54) is 5.56 Å². The van der Waals surface area contributed by atoms with Crippen molar-refractivity contribution in [3.63, 3.8) is 0 Å². The van der Waals surface area contributed by atoms with Crippen molar-refractivity contribution in [1.82, 2.24) is 4.98 Å². The summed E-state index contributed by atoms with van der Waals surface area (Å²) >= 11 is 3.26. The molecule has 1 unspecified atom stereocenters. The van der Waals surface area contributed by atoms with Crippen molar-refractivity contribution in [3.8, 4) is 5.75 Å². The van der Waals surface area contributed by atoms with E-state index in [-0.39, 0.29) is 12.0 Å². The van der Waals surface area contributed by atoms with Gasteiger partial charge in [0.2, 0.25) is 5.91 Å². The normalized spacial score (nSPS) is 16.1. The molecule has 4 rings (SSSR count). The van der Waals surface area contributed by atoms with Crippen LogP contribution in [0.4, 0.5) is 5.13 Å². The third-order valence-electron chi connectivity index (χ3n) is 5.12. The molecule has 1 fully saturated rings. The molecule has 1 aromatic heterocycles. The number of methoxy groups -OCH3 is 1. The standard InChI is InChI=1S/C23H26N2O3S2/c1-16-5-10-20-21(14-16)30-23(24-20)25(15-18-4-3-12-28-18)22(26)11-13-29-19-8-6-17(27-2)7-9-19/h5-10,14,18H,3-4,11-13,15H2,1-2H3. The van der Waals surface area contributed by atoms with Crippen LogP contribution in [0.1, 0.15) is 24.8 Å². The van der Waals surface area contributed by atoms with Crippen LogP contribution in [0.2, 0.25) is 0 Å². The molecule has 3 aromatic rings. The molecule has 0 N–H and O–H groups in total. The summed E-state index contributed by atoms with van der Waals surface area (Å²) in [6.07, 6.45) is 2.60. The summed E-state index contributed by atoms with van der Waals surface area (Å²) in [7, 11) is 1.66. The minimum atomic E-state index is 0.0944. The van der Waals surface area contributed by atoms with Crippen molar-refractivity contribution in [3.05, 3.63) is 48.0 Å². The predicted molar refractivity (Wildman–Crippen MR) is 124 cm³/mol. The van der Waals surface area contributed by atoms with Crippen molar-refractivity contribution in [2.24, 2.45) is 0 Å². The van der Waals surface area contributed by atoms with Crippen molar-refractivity contribution in [2.45, 2.75) is 37.2 Å². The molecular weight excluding hydrogens is 416 g/mol. The Kier molecular flexibility index (Phi) is 6.92. The topological polar surface area (TPSA) is 51.7 Å². The van der Waals surface area contributed by atoms with E-state index < -0.39 is 0 Å². The fourth-order valence-corrected chi connectivity index (χ4v) is 5.41. The number of aryl methyl sites for hydroxylation is 1. The monoisotopic (exact) mass is 442 g/mol. The molecule has 0 spiro atoms. The lowest BCUT2D eigenvalue weighted by Crippen LogP contribution is -2.37. The maximum Gasteiger partial charge on any atom is 0.229 e. The number of hydrogen-bond acceptors (Lipinski definition) is 6. The first-order valence-corrected chi connectivity index (χ1v) is 12.0. The van der Waals surface area contributed by atoms with Gasteiger partial charge in [-0.05, 0) is 61.7 Å². The van der Waals surface area contributed by atoms with Gasteiger partial charge in [-0.25, -0.2) is 4.98 Å². The maximum atomic E-state index is 13.2. The Morgan fingerprint density at radius 2 is 2.13 bits per heavy atom. The number of fused-ring (bicyclic) bond motifs is 1. The summed E-state index contributed by atoms with van der Waals surface area (Å²) in [5.41, 5.74) is 2.14. The van der Waals surface area contributed by atoms with E-state index in [2.05, 4.69) is 19.1 Å². The van der Waals surface area contributed by atoms with E-state index in [0.717, 1.165) is 51.2 Å². The first-order valence-electron chi connectivity index (χ1n) is 10.2. The number of carbonyl (C=O) groups excluding carboxylic acids is 1. The van der Waals surface area contributed by atoms with Gasteiger partial charge in [0.25, 0.3) is 0 Å². The summed E-state index contributed by atoms with van der Waals surface area (Å²) in [5, 5.41) is 0.769. The Hall–Kier alpha value is -2.09. The average molecular weight is 443 g/mol. The predicted octanol–water partition coefficient (Wildman–Crippen LogP) is 5.31. The zero-order chi connectivity index (χ0) is 20.9. The summed E-state index contributed by atoms with van der Waals surface area (Å²) in [6.45, 7) is 3.43. The number of benzene rings is 2. The summed E-state index contributed by atoms with van der Waals surface area (Å²) in [4.78, 5) is 20.9. The first-order chi connectivity index (χ1) is 14.6. The minimum Gasteiger partial charge on any atom is -0.497 e. The lowest BCUT2D eigenvalue weighted by Gasteiger charge is -2.23. The number of anilines is 1. The quantitative estimate of drug-likeness (QED) is 0.443. The number of nitrogens with zero attached hydrogens (tertiary/aromatic N) is 2. The molecule has 1 atom stereocenters. The SMILES string of the molecule is COc1ccc(SCCC(=O)N(CC2CCCO2)c2nc3ccc(C)cc3s2)cc1. The van der Waals surface area contributed by atoms with E-state index in [9.17, 15) is 4.79 Å². The highest BCUT2D eigenvalue weighted by atomic mass is 32.2. The number of thioether (sulfide) groups is 1. The molecule has 1 aliphatic rings. The van der Waals surface area contributed by atoms with Gasteiger partial charge in [-0.3, -0.25) is 9.69 Å². The molecule has 5 nitrogen and oxygen atoms in total. The van der Waals surface area contributed by atoms with Gasteiger partial charge in [0.05, 0.1) is 30.0 Å². The number of ether oxygens (including phenoxy) is 2. The van der Waals surface area contributed by atoms with Gasteiger partial charge in [0, 0.05) is 23.7 Å². The largest absolute Gasteiger partial charge is 0.497 e. The van der Waals surface area contributed by atoms with Gasteiger partial charge in [0.1, 0.15) is 5.75 Å². The number of thiazole rings is 1. The Morgan fingerprint density at radius 3 is 2.87 bits per heavy atom. The van der Waals surface area contributed by atoms with Crippen molar-refractivity contribution >= 4 is 44.4 Å². The number of rotatable bonds is 8. The zero-order valence-corrected chi connectivity index (χ0v) is 18.9. The van der Waals surface area contributed by atoms with Gasteiger partial charge >= 0.3 is 0 Å². The molecule has 1 aliphatic heterocycles. The van der Waals surface area contributed by atoms with Crippen LogP contribution in [0.25, 0.3) is 10.2 Å². The van der Waals surface area contributed by atoms with Crippen molar-refractivity contribution < 1.29 is 14.3 Å². The smallest absolute Gasteiger partial charge is 0.229 e. The number of aromatic nitrogens is 1. The summed E-state index contributed by atoms with van der Waals surface area (Å²) in [5.74, 6) is 1.66. The van der Waals surface area contributed by atoms with Gasteiger partial charge in [-0.15, -0.1) is 11.8 Å². The Balaban J connectivity index is 1.45. The number of amides is 1. The summed E-state index contributed by atoms with van der Waals surface area (Å²) in [6, 6.07) is 14.1. The highest BCUT2D eigenvalue weighted by Crippen LogP contribution is 2.31. The first kappa shape index (κ1) is 21.2. The van der Waals surface area contributed by atoms with Crippen LogP contribution in [0.5, 0.6) is 5.75 Å². The second kappa shape index (κ2) is 9.81. The molecule has 0 saturated carbocycles. The molecule has 1 saturated heterocycles. The highest BCUT2D eigenvalue weighted by molar-refractivity contribution is 7.99. The average Bonchev–Trinajstić information content (AvgIpc) is 3.41. The third kappa shape index (κ3) is 5.14. The van der Waals surface area contributed by atoms with Crippen LogP contribution in [0, 0.1) is 6.92 Å². The summed E-state index contributed by atoms with van der Waals surface area (Å²) < 4.78 is 12.1. The van der Waals surface area contributed by atoms with Gasteiger partial charge in [-0.2, -0.15) is 0 Å². The molecule has 0 radical (unpaired) electrons. The minimum absolute atomic E-state index is 0.0944. The second-order valence-electron chi connectivity index (χ2n) is 7.38. The van der Waals surface area contributed by atoms with E-state index in [1.807, 2.05) is 35.2 Å². The Labute approximate surface area is 185 Å². The van der Waals surface area contributed by atoms with Crippen LogP contribution in [-0.2, 0) is 9.53 Å². The van der Waals surface area contributed by atoms with E-state index in [1.54, 1.807) is 30.2 Å². The molecule has 158 valence electrons. The zero-order valence-electron chi connectivity index (χ0n) is 17.3. The second-order valence-corrected chi connectivity index (χ2v) is 9.56. The molecule has 0 bridgehead atoms. The maximum absolute atomic E-state index is 13.2. The van der Waals surface area contributed by atoms with Gasteiger partial charge < -0.3 is 9.47 Å². The molecule has 2 aromatic carbocycles. The van der Waals surface area contributed by atoms with Crippen LogP contribution >= 0.6 is 23.1 Å². The highest BCUT2D eigenvalue weighted by Gasteiger charge is 2.26. The molecule has 2 heterocycles. The molecule has 1 amide bonds. The molecule has 30 heavy (non-hydrogen) atoms. The Morgan fingerprint density at radius 1 is 1.30 bits per heavy atom. The molecule has 7 heteroatoms. The van der Waals surface area contributed by atoms with E-state index >= 15 is 0 Å². The van der Waals surface area contributed by atoms with Crippen molar-refractivity contribution in [1.29, 1.82) is 0 Å². The number of hydrogen-bond donors (Lipinski definition) is 0. The molecule has 0 aliphatic carbocycles. The van der Waals surface area contributed by atoms with Crippen LogP contribution in [0.15, 0.2) is 47.4 Å². The fraction of sp³-hybridized carbons (Fsp3) is 0.391.